The third kappa shape index (κ3) is 4.27. The van der Waals surface area contributed by atoms with Gasteiger partial charge in [0.25, 0.3) is 11.5 Å². The summed E-state index contributed by atoms with van der Waals surface area (Å²) in [4.78, 5) is 35.2. The van der Waals surface area contributed by atoms with E-state index >= 15 is 0 Å². The number of carbonyl (C=O) groups excluding carboxylic acids is 1. The fourth-order valence-electron chi connectivity index (χ4n) is 2.76. The molecule has 1 heterocycles. The van der Waals surface area contributed by atoms with Crippen molar-refractivity contribution < 1.29 is 19.4 Å². The number of hydrogen-bond donors (Lipinski definition) is 2. The number of benzene rings is 2. The second kappa shape index (κ2) is 8.22. The largest absolute Gasteiger partial charge is 0.496 e. The van der Waals surface area contributed by atoms with Crippen LogP contribution in [0.2, 0.25) is 0 Å². The van der Waals surface area contributed by atoms with Crippen molar-refractivity contribution in [1.29, 1.82) is 0 Å². The number of methoxy groups -OCH3 is 1. The number of carboxylic acids is 1. The summed E-state index contributed by atoms with van der Waals surface area (Å²) in [5.74, 6) is -1.18. The van der Waals surface area contributed by atoms with Gasteiger partial charge in [0.05, 0.1) is 18.4 Å². The van der Waals surface area contributed by atoms with E-state index in [0.717, 1.165) is 15.7 Å². The average Bonchev–Trinajstić information content (AvgIpc) is 2.70. The summed E-state index contributed by atoms with van der Waals surface area (Å²) >= 11 is 0. The van der Waals surface area contributed by atoms with Crippen molar-refractivity contribution >= 4 is 17.6 Å². The molecule has 0 aliphatic carbocycles. The molecule has 2 N–H and O–H groups in total. The van der Waals surface area contributed by atoms with Crippen LogP contribution in [-0.4, -0.2) is 28.7 Å². The second-order valence-corrected chi connectivity index (χ2v) is 6.01. The maximum Gasteiger partial charge on any atom is 0.323 e. The number of nitrogens with zero attached hydrogens (tertiary/aromatic N) is 1. The molecule has 0 spiro atoms. The van der Waals surface area contributed by atoms with Crippen molar-refractivity contribution in [3.63, 3.8) is 0 Å². The van der Waals surface area contributed by atoms with Crippen LogP contribution in [0.15, 0.2) is 71.7 Å². The highest BCUT2D eigenvalue weighted by atomic mass is 16.5. The van der Waals surface area contributed by atoms with E-state index in [2.05, 4.69) is 5.32 Å². The minimum Gasteiger partial charge on any atom is -0.496 e. The summed E-state index contributed by atoms with van der Waals surface area (Å²) in [5, 5.41) is 11.5. The Kier molecular flexibility index (Phi) is 5.55. The third-order valence-electron chi connectivity index (χ3n) is 4.10. The summed E-state index contributed by atoms with van der Waals surface area (Å²) < 4.78 is 6.38. The van der Waals surface area contributed by atoms with Crippen molar-refractivity contribution in [3.05, 3.63) is 82.8 Å². The van der Waals surface area contributed by atoms with Gasteiger partial charge in [0, 0.05) is 12.3 Å². The number of carbonyl (C=O) groups is 2. The lowest BCUT2D eigenvalue weighted by atomic mass is 10.0. The lowest BCUT2D eigenvalue weighted by molar-refractivity contribution is -0.137. The molecule has 0 fully saturated rings. The average molecular weight is 378 g/mol. The zero-order valence-electron chi connectivity index (χ0n) is 15.1. The number of anilines is 1. The number of pyridine rings is 1. The Morgan fingerprint density at radius 2 is 1.79 bits per heavy atom. The van der Waals surface area contributed by atoms with Gasteiger partial charge in [-0.3, -0.25) is 14.4 Å². The van der Waals surface area contributed by atoms with E-state index in [9.17, 15) is 14.4 Å². The van der Waals surface area contributed by atoms with Gasteiger partial charge >= 0.3 is 5.97 Å². The number of aliphatic carboxylic acids is 1. The highest BCUT2D eigenvalue weighted by molar-refractivity contribution is 6.06. The van der Waals surface area contributed by atoms with Gasteiger partial charge in [-0.05, 0) is 29.3 Å². The van der Waals surface area contributed by atoms with Crippen LogP contribution < -0.4 is 15.6 Å². The van der Waals surface area contributed by atoms with Crippen LogP contribution in [0, 0.1) is 0 Å². The van der Waals surface area contributed by atoms with Gasteiger partial charge in [-0.1, -0.05) is 36.4 Å². The molecule has 1 amide bonds. The maximum absolute atomic E-state index is 12.7. The predicted octanol–water partition coefficient (Wildman–Crippen LogP) is 2.86. The molecule has 0 aliphatic rings. The molecule has 0 atom stereocenters. The number of aromatic nitrogens is 1. The molecule has 3 rings (SSSR count). The van der Waals surface area contributed by atoms with Crippen LogP contribution in [-0.2, 0) is 11.3 Å². The van der Waals surface area contributed by atoms with E-state index < -0.39 is 24.0 Å². The number of amides is 1. The highest BCUT2D eigenvalue weighted by Crippen LogP contribution is 2.27. The van der Waals surface area contributed by atoms with Gasteiger partial charge in [0.15, 0.2) is 0 Å². The standard InChI is InChI=1S/C21H18N2O5/c1-28-18-11-15(14-5-3-2-4-6-14)7-9-17(18)21(27)22-16-8-10-19(24)23(12-16)13-20(25)26/h2-12H,13H2,1H3,(H,22,27)(H,25,26). The Morgan fingerprint density at radius 3 is 2.46 bits per heavy atom. The van der Waals surface area contributed by atoms with Gasteiger partial charge in [-0.2, -0.15) is 0 Å². The van der Waals surface area contributed by atoms with Crippen LogP contribution in [0.4, 0.5) is 5.69 Å². The van der Waals surface area contributed by atoms with Crippen LogP contribution in [0.25, 0.3) is 11.1 Å². The highest BCUT2D eigenvalue weighted by Gasteiger charge is 2.14. The fourth-order valence-corrected chi connectivity index (χ4v) is 2.76. The number of carboxylic acid groups (broad SMARTS) is 1. The minimum atomic E-state index is -1.15. The molecule has 0 aliphatic heterocycles. The van der Waals surface area contributed by atoms with E-state index in [1.54, 1.807) is 12.1 Å². The summed E-state index contributed by atoms with van der Waals surface area (Å²) in [7, 11) is 1.48. The Bertz CT molecular complexity index is 1070. The van der Waals surface area contributed by atoms with Gasteiger partial charge in [0.1, 0.15) is 12.3 Å². The molecule has 7 heteroatoms. The molecule has 0 unspecified atom stereocenters. The molecule has 28 heavy (non-hydrogen) atoms. The van der Waals surface area contributed by atoms with Crippen molar-refractivity contribution in [2.75, 3.05) is 12.4 Å². The lowest BCUT2D eigenvalue weighted by Crippen LogP contribution is -2.24. The smallest absolute Gasteiger partial charge is 0.323 e. The Hall–Kier alpha value is -3.87. The van der Waals surface area contributed by atoms with Crippen LogP contribution in [0.3, 0.4) is 0 Å². The maximum atomic E-state index is 12.7. The Labute approximate surface area is 160 Å². The molecule has 0 saturated heterocycles. The first kappa shape index (κ1) is 18.9. The first-order chi connectivity index (χ1) is 13.5. The molecule has 0 bridgehead atoms. The molecular weight excluding hydrogens is 360 g/mol. The molecular formula is C21H18N2O5. The zero-order valence-corrected chi connectivity index (χ0v) is 15.1. The Balaban J connectivity index is 1.87. The minimum absolute atomic E-state index is 0.306. The van der Waals surface area contributed by atoms with E-state index in [-0.39, 0.29) is 0 Å². The van der Waals surface area contributed by atoms with Crippen molar-refractivity contribution in [2.24, 2.45) is 0 Å². The summed E-state index contributed by atoms with van der Waals surface area (Å²) in [6.07, 6.45) is 1.29. The first-order valence-electron chi connectivity index (χ1n) is 8.45. The molecule has 142 valence electrons. The van der Waals surface area contributed by atoms with E-state index in [4.69, 9.17) is 9.84 Å². The zero-order chi connectivity index (χ0) is 20.1. The SMILES string of the molecule is COc1cc(-c2ccccc2)ccc1C(=O)Nc1ccc(=O)n(CC(=O)O)c1. The molecule has 3 aromatic rings. The van der Waals surface area contributed by atoms with Gasteiger partial charge < -0.3 is 19.7 Å². The van der Waals surface area contributed by atoms with Gasteiger partial charge in [-0.15, -0.1) is 0 Å². The second-order valence-electron chi connectivity index (χ2n) is 6.01. The lowest BCUT2D eigenvalue weighted by Gasteiger charge is -2.12. The molecule has 2 aromatic carbocycles. The number of nitrogens with one attached hydrogen (secondary N) is 1. The van der Waals surface area contributed by atoms with Crippen molar-refractivity contribution in [2.45, 2.75) is 6.54 Å². The summed E-state index contributed by atoms with van der Waals surface area (Å²) in [6.45, 7) is -0.488. The fraction of sp³-hybridized carbons (Fsp3) is 0.0952. The van der Waals surface area contributed by atoms with Crippen molar-refractivity contribution in [3.8, 4) is 16.9 Å². The van der Waals surface area contributed by atoms with Crippen LogP contribution >= 0.6 is 0 Å². The van der Waals surface area contributed by atoms with E-state index in [0.29, 0.717) is 17.0 Å². The number of rotatable bonds is 6. The predicted molar refractivity (Wildman–Crippen MR) is 105 cm³/mol. The van der Waals surface area contributed by atoms with E-state index in [1.165, 1.54) is 25.4 Å². The first-order valence-corrected chi connectivity index (χ1v) is 8.45. The monoisotopic (exact) mass is 378 g/mol. The normalized spacial score (nSPS) is 10.3. The van der Waals surface area contributed by atoms with Crippen molar-refractivity contribution in [1.82, 2.24) is 4.57 Å². The third-order valence-corrected chi connectivity index (χ3v) is 4.10. The van der Waals surface area contributed by atoms with Gasteiger partial charge in [-0.25, -0.2) is 0 Å². The van der Waals surface area contributed by atoms with Crippen LogP contribution in [0.5, 0.6) is 5.75 Å². The number of hydrogen-bond acceptors (Lipinski definition) is 4. The topological polar surface area (TPSA) is 97.6 Å². The van der Waals surface area contributed by atoms with Crippen LogP contribution in [0.1, 0.15) is 10.4 Å². The summed E-state index contributed by atoms with van der Waals surface area (Å²) in [6, 6.07) is 17.6. The quantitative estimate of drug-likeness (QED) is 0.687. The molecule has 0 radical (unpaired) electrons. The summed E-state index contributed by atoms with van der Waals surface area (Å²) in [5.41, 5.74) is 2.06. The number of ether oxygens (including phenoxy) is 1. The van der Waals surface area contributed by atoms with E-state index in [1.807, 2.05) is 36.4 Å². The molecule has 7 nitrogen and oxygen atoms in total. The molecule has 1 aromatic heterocycles. The Morgan fingerprint density at radius 1 is 1.04 bits per heavy atom. The van der Waals surface area contributed by atoms with Gasteiger partial charge in [0.2, 0.25) is 0 Å². The molecule has 0 saturated carbocycles.